The van der Waals surface area contributed by atoms with E-state index in [1.807, 2.05) is 84.6 Å². The van der Waals surface area contributed by atoms with Crippen LogP contribution in [0.3, 0.4) is 0 Å². The molecule has 0 saturated heterocycles. The molecule has 0 aliphatic carbocycles. The van der Waals surface area contributed by atoms with Gasteiger partial charge in [0.05, 0.1) is 22.8 Å². The van der Waals surface area contributed by atoms with E-state index in [2.05, 4.69) is 20.6 Å². The molecule has 0 saturated carbocycles. The summed E-state index contributed by atoms with van der Waals surface area (Å²) in [5, 5.41) is 16.3. The van der Waals surface area contributed by atoms with Gasteiger partial charge < -0.3 is 5.32 Å². The largest absolute Gasteiger partial charge is 0.323 e. The van der Waals surface area contributed by atoms with E-state index in [-0.39, 0.29) is 11.7 Å². The Kier molecular flexibility index (Phi) is 5.67. The highest BCUT2D eigenvalue weighted by Gasteiger charge is 2.13. The molecule has 0 radical (unpaired) electrons. The lowest BCUT2D eigenvalue weighted by Gasteiger charge is -2.12. The van der Waals surface area contributed by atoms with Gasteiger partial charge in [0, 0.05) is 11.4 Å². The number of anilines is 1. The monoisotopic (exact) mass is 418 g/mol. The first-order valence-electron chi connectivity index (χ1n) is 9.53. The molecule has 152 valence electrons. The number of benzene rings is 2. The summed E-state index contributed by atoms with van der Waals surface area (Å²) in [6, 6.07) is 17.7. The molecule has 0 aliphatic heterocycles. The normalized spacial score (nSPS) is 10.9. The number of carbonyl (C=O) groups is 1. The summed E-state index contributed by atoms with van der Waals surface area (Å²) >= 11 is 1.34. The number of amides is 1. The van der Waals surface area contributed by atoms with Crippen LogP contribution in [-0.4, -0.2) is 36.2 Å². The molecule has 0 atom stereocenters. The summed E-state index contributed by atoms with van der Waals surface area (Å²) in [6.07, 6.45) is 1.66. The predicted molar refractivity (Wildman–Crippen MR) is 118 cm³/mol. The molecule has 0 spiro atoms. The zero-order valence-corrected chi connectivity index (χ0v) is 17.8. The maximum absolute atomic E-state index is 12.7. The van der Waals surface area contributed by atoms with Gasteiger partial charge in [0.2, 0.25) is 5.91 Å². The van der Waals surface area contributed by atoms with Crippen LogP contribution >= 0.6 is 11.8 Å². The van der Waals surface area contributed by atoms with Crippen LogP contribution in [0.2, 0.25) is 0 Å². The lowest BCUT2D eigenvalue weighted by molar-refractivity contribution is -0.113. The number of para-hydroxylation sites is 2. The summed E-state index contributed by atoms with van der Waals surface area (Å²) in [5.74, 6) is 0.100. The topological polar surface area (TPSA) is 77.6 Å². The van der Waals surface area contributed by atoms with Crippen molar-refractivity contribution in [2.24, 2.45) is 0 Å². The van der Waals surface area contributed by atoms with Crippen molar-refractivity contribution in [2.45, 2.75) is 25.9 Å². The minimum Gasteiger partial charge on any atom is -0.323 e. The van der Waals surface area contributed by atoms with E-state index in [1.165, 1.54) is 17.3 Å². The van der Waals surface area contributed by atoms with Gasteiger partial charge in [-0.05, 0) is 51.1 Å². The van der Waals surface area contributed by atoms with Gasteiger partial charge in [0.25, 0.3) is 0 Å². The molecule has 4 aromatic rings. The van der Waals surface area contributed by atoms with Crippen LogP contribution in [0.15, 0.2) is 66.1 Å². The van der Waals surface area contributed by atoms with E-state index in [9.17, 15) is 4.79 Å². The lowest BCUT2D eigenvalue weighted by atomic mass is 10.2. The maximum Gasteiger partial charge on any atom is 0.234 e. The quantitative estimate of drug-likeness (QED) is 0.477. The molecule has 1 N–H and O–H groups in total. The molecule has 2 heterocycles. The minimum atomic E-state index is -0.118. The van der Waals surface area contributed by atoms with E-state index < -0.39 is 0 Å². The summed E-state index contributed by atoms with van der Waals surface area (Å²) < 4.78 is 3.72. The summed E-state index contributed by atoms with van der Waals surface area (Å²) in [6.45, 7) is 5.98. The Morgan fingerprint density at radius 3 is 2.57 bits per heavy atom. The average molecular weight is 419 g/mol. The minimum absolute atomic E-state index is 0.118. The molecule has 0 unspecified atom stereocenters. The molecular weight excluding hydrogens is 396 g/mol. The second-order valence-electron chi connectivity index (χ2n) is 7.01. The van der Waals surface area contributed by atoms with Gasteiger partial charge >= 0.3 is 0 Å². The number of hydrogen-bond acceptors (Lipinski definition) is 5. The Hall–Kier alpha value is -3.39. The van der Waals surface area contributed by atoms with Crippen LogP contribution in [0.1, 0.15) is 17.0 Å². The Morgan fingerprint density at radius 2 is 1.83 bits per heavy atom. The summed E-state index contributed by atoms with van der Waals surface area (Å²) in [5.41, 5.74) is 5.64. The van der Waals surface area contributed by atoms with E-state index in [0.717, 1.165) is 22.8 Å². The number of thioether (sulfide) groups is 1. The van der Waals surface area contributed by atoms with Crippen molar-refractivity contribution in [1.29, 1.82) is 0 Å². The van der Waals surface area contributed by atoms with E-state index in [4.69, 9.17) is 0 Å². The van der Waals surface area contributed by atoms with Crippen LogP contribution < -0.4 is 5.32 Å². The standard InChI is InChI=1S/C22H22N6OS/c1-15-8-10-18(11-9-15)27-14-23-25-22(27)30-13-21(29)24-19-6-4-5-7-20(19)28-17(3)12-16(2)26-28/h4-12,14H,13H2,1-3H3,(H,24,29). The van der Waals surface area contributed by atoms with Gasteiger partial charge in [0.1, 0.15) is 6.33 Å². The molecule has 1 amide bonds. The molecule has 0 fully saturated rings. The molecule has 7 nitrogen and oxygen atoms in total. The van der Waals surface area contributed by atoms with Gasteiger partial charge in [-0.2, -0.15) is 5.10 Å². The fraction of sp³-hybridized carbons (Fsp3) is 0.182. The number of nitrogens with one attached hydrogen (secondary N) is 1. The number of carbonyl (C=O) groups excluding carboxylic acids is 1. The zero-order chi connectivity index (χ0) is 21.1. The third-order valence-corrected chi connectivity index (χ3v) is 5.52. The highest BCUT2D eigenvalue weighted by atomic mass is 32.2. The smallest absolute Gasteiger partial charge is 0.234 e. The number of aryl methyl sites for hydroxylation is 3. The number of aromatic nitrogens is 5. The third-order valence-electron chi connectivity index (χ3n) is 4.58. The van der Waals surface area contributed by atoms with Crippen molar-refractivity contribution in [3.8, 4) is 11.4 Å². The molecule has 0 aliphatic rings. The highest BCUT2D eigenvalue weighted by Crippen LogP contribution is 2.23. The predicted octanol–water partition coefficient (Wildman–Crippen LogP) is 4.11. The number of rotatable bonds is 6. The maximum atomic E-state index is 12.7. The Balaban J connectivity index is 1.47. The Labute approximate surface area is 179 Å². The lowest BCUT2D eigenvalue weighted by Crippen LogP contribution is -2.16. The molecule has 2 aromatic heterocycles. The SMILES string of the molecule is Cc1ccc(-n2cnnc2SCC(=O)Nc2ccccc2-n2nc(C)cc2C)cc1. The first kappa shape index (κ1) is 19.9. The fourth-order valence-corrected chi connectivity index (χ4v) is 3.89. The van der Waals surface area contributed by atoms with E-state index in [1.54, 1.807) is 6.33 Å². The Bertz CT molecular complexity index is 1180. The van der Waals surface area contributed by atoms with E-state index in [0.29, 0.717) is 10.8 Å². The van der Waals surface area contributed by atoms with Crippen molar-refractivity contribution in [2.75, 3.05) is 11.1 Å². The third kappa shape index (κ3) is 4.28. The number of nitrogens with zero attached hydrogens (tertiary/aromatic N) is 5. The van der Waals surface area contributed by atoms with Crippen molar-refractivity contribution in [3.05, 3.63) is 77.9 Å². The van der Waals surface area contributed by atoms with Crippen LogP contribution in [0.25, 0.3) is 11.4 Å². The average Bonchev–Trinajstić information content (AvgIpc) is 3.33. The van der Waals surface area contributed by atoms with Crippen molar-refractivity contribution in [1.82, 2.24) is 24.5 Å². The van der Waals surface area contributed by atoms with Crippen LogP contribution in [0.4, 0.5) is 5.69 Å². The molecule has 4 rings (SSSR count). The number of hydrogen-bond donors (Lipinski definition) is 1. The van der Waals surface area contributed by atoms with E-state index >= 15 is 0 Å². The van der Waals surface area contributed by atoms with Crippen LogP contribution in [0.5, 0.6) is 0 Å². The van der Waals surface area contributed by atoms with Crippen molar-refractivity contribution in [3.63, 3.8) is 0 Å². The second kappa shape index (κ2) is 8.54. The van der Waals surface area contributed by atoms with Gasteiger partial charge in [-0.1, -0.05) is 41.6 Å². The van der Waals surface area contributed by atoms with Crippen molar-refractivity contribution < 1.29 is 4.79 Å². The summed E-state index contributed by atoms with van der Waals surface area (Å²) in [7, 11) is 0. The first-order chi connectivity index (χ1) is 14.5. The van der Waals surface area contributed by atoms with Crippen molar-refractivity contribution >= 4 is 23.4 Å². The molecule has 0 bridgehead atoms. The van der Waals surface area contributed by atoms with Crippen LogP contribution in [-0.2, 0) is 4.79 Å². The first-order valence-corrected chi connectivity index (χ1v) is 10.5. The van der Waals surface area contributed by atoms with Gasteiger partial charge in [0.15, 0.2) is 5.16 Å². The second-order valence-corrected chi connectivity index (χ2v) is 7.95. The molecular formula is C22H22N6OS. The molecule has 8 heteroatoms. The van der Waals surface area contributed by atoms with Gasteiger partial charge in [-0.15, -0.1) is 10.2 Å². The van der Waals surface area contributed by atoms with Crippen LogP contribution in [0, 0.1) is 20.8 Å². The molecule has 30 heavy (non-hydrogen) atoms. The highest BCUT2D eigenvalue weighted by molar-refractivity contribution is 7.99. The fourth-order valence-electron chi connectivity index (χ4n) is 3.16. The Morgan fingerprint density at radius 1 is 1.07 bits per heavy atom. The summed E-state index contributed by atoms with van der Waals surface area (Å²) in [4.78, 5) is 12.7. The van der Waals surface area contributed by atoms with Gasteiger partial charge in [-0.25, -0.2) is 4.68 Å². The molecule has 2 aromatic carbocycles. The van der Waals surface area contributed by atoms with Gasteiger partial charge in [-0.3, -0.25) is 9.36 Å². The zero-order valence-electron chi connectivity index (χ0n) is 17.0.